The van der Waals surface area contributed by atoms with Gasteiger partial charge in [-0.15, -0.1) is 5.54 Å². The maximum absolute atomic E-state index is 4.82. The lowest BCUT2D eigenvalue weighted by molar-refractivity contribution is 0.193. The van der Waals surface area contributed by atoms with Gasteiger partial charge in [0.25, 0.3) is 0 Å². The Morgan fingerprint density at radius 2 is 1.71 bits per heavy atom. The van der Waals surface area contributed by atoms with Crippen LogP contribution in [0.1, 0.15) is 53.4 Å². The van der Waals surface area contributed by atoms with E-state index in [9.17, 15) is 0 Å². The molecule has 0 N–H and O–H groups in total. The van der Waals surface area contributed by atoms with Crippen molar-refractivity contribution in [3.63, 3.8) is 0 Å². The standard InChI is InChI=1S/C16H28N/c1-10-6-7-11-13(10)14-12(15(14,2)3)8-9-16(11,4)17-5/h10-14H,6-9H2,1-5H3/q-1/t10-,11-,12-,13-,14-,16?/m1/s1. The first-order valence-electron chi connectivity index (χ1n) is 7.53. The zero-order valence-corrected chi connectivity index (χ0v) is 12.2. The van der Waals surface area contributed by atoms with Crippen molar-refractivity contribution in [3.8, 4) is 0 Å². The van der Waals surface area contributed by atoms with Gasteiger partial charge in [-0.05, 0) is 29.1 Å². The molecular formula is C16H28N-. The van der Waals surface area contributed by atoms with E-state index in [1.54, 1.807) is 0 Å². The molecule has 1 unspecified atom stereocenters. The van der Waals surface area contributed by atoms with Gasteiger partial charge in [-0.1, -0.05) is 59.3 Å². The molecule has 3 rings (SSSR count). The Labute approximate surface area is 107 Å². The van der Waals surface area contributed by atoms with Crippen LogP contribution in [0.3, 0.4) is 0 Å². The number of rotatable bonds is 1. The summed E-state index contributed by atoms with van der Waals surface area (Å²) in [7, 11) is 2.06. The second-order valence-corrected chi connectivity index (χ2v) is 7.81. The van der Waals surface area contributed by atoms with Crippen LogP contribution in [0, 0.1) is 35.0 Å². The first-order chi connectivity index (χ1) is 7.92. The fraction of sp³-hybridized carbons (Fsp3) is 1.00. The highest BCUT2D eigenvalue weighted by Crippen LogP contribution is 2.71. The molecule has 0 spiro atoms. The summed E-state index contributed by atoms with van der Waals surface area (Å²) >= 11 is 0. The van der Waals surface area contributed by atoms with Gasteiger partial charge in [0, 0.05) is 0 Å². The molecule has 3 aliphatic carbocycles. The molecule has 0 saturated heterocycles. The molecule has 6 atom stereocenters. The third-order valence-electron chi connectivity index (χ3n) is 6.88. The highest BCUT2D eigenvalue weighted by molar-refractivity contribution is 5.20. The Kier molecular flexibility index (Phi) is 2.47. The van der Waals surface area contributed by atoms with Gasteiger partial charge in [0.05, 0.1) is 0 Å². The van der Waals surface area contributed by atoms with Crippen LogP contribution in [0.4, 0.5) is 0 Å². The summed E-state index contributed by atoms with van der Waals surface area (Å²) in [6, 6.07) is 0. The van der Waals surface area contributed by atoms with E-state index in [0.717, 1.165) is 29.6 Å². The molecule has 3 saturated carbocycles. The van der Waals surface area contributed by atoms with Crippen molar-refractivity contribution in [2.24, 2.45) is 35.0 Å². The van der Waals surface area contributed by atoms with E-state index >= 15 is 0 Å². The van der Waals surface area contributed by atoms with Crippen LogP contribution in [-0.4, -0.2) is 12.6 Å². The molecule has 0 amide bonds. The van der Waals surface area contributed by atoms with E-state index in [4.69, 9.17) is 5.32 Å². The second kappa shape index (κ2) is 3.50. The van der Waals surface area contributed by atoms with Crippen molar-refractivity contribution in [2.45, 2.75) is 58.9 Å². The normalized spacial score (nSPS) is 55.9. The lowest BCUT2D eigenvalue weighted by Gasteiger charge is -2.50. The molecule has 0 aromatic heterocycles. The maximum atomic E-state index is 4.82. The van der Waals surface area contributed by atoms with Crippen LogP contribution in [0.25, 0.3) is 5.32 Å². The second-order valence-electron chi connectivity index (χ2n) is 7.81. The van der Waals surface area contributed by atoms with Crippen molar-refractivity contribution < 1.29 is 0 Å². The average molecular weight is 234 g/mol. The summed E-state index contributed by atoms with van der Waals surface area (Å²) < 4.78 is 0. The predicted octanol–water partition coefficient (Wildman–Crippen LogP) is 4.48. The summed E-state index contributed by atoms with van der Waals surface area (Å²) in [6.07, 6.45) is 5.63. The van der Waals surface area contributed by atoms with Crippen molar-refractivity contribution in [1.29, 1.82) is 0 Å². The van der Waals surface area contributed by atoms with Gasteiger partial charge < -0.3 is 5.32 Å². The average Bonchev–Trinajstić information content (AvgIpc) is 2.65. The van der Waals surface area contributed by atoms with Crippen molar-refractivity contribution in [3.05, 3.63) is 5.32 Å². The molecule has 1 nitrogen and oxygen atoms in total. The van der Waals surface area contributed by atoms with Crippen LogP contribution in [0.15, 0.2) is 0 Å². The molecule has 3 aliphatic rings. The lowest BCUT2D eigenvalue weighted by Crippen LogP contribution is -2.37. The molecule has 0 aliphatic heterocycles. The monoisotopic (exact) mass is 234 g/mol. The Morgan fingerprint density at radius 1 is 1.00 bits per heavy atom. The van der Waals surface area contributed by atoms with Gasteiger partial charge in [0.2, 0.25) is 0 Å². The Hall–Kier alpha value is -0.0400. The van der Waals surface area contributed by atoms with Gasteiger partial charge >= 0.3 is 0 Å². The number of fused-ring (bicyclic) bond motifs is 3. The minimum absolute atomic E-state index is 0.291. The molecule has 1 heteroatoms. The first-order valence-corrected chi connectivity index (χ1v) is 7.53. The molecule has 0 heterocycles. The van der Waals surface area contributed by atoms with E-state index in [-0.39, 0.29) is 0 Å². The Balaban J connectivity index is 1.94. The van der Waals surface area contributed by atoms with Gasteiger partial charge in [0.15, 0.2) is 0 Å². The van der Waals surface area contributed by atoms with E-state index in [1.165, 1.54) is 25.7 Å². The number of nitrogens with zero attached hydrogens (tertiary/aromatic N) is 1. The highest BCUT2D eigenvalue weighted by atomic mass is 15.0. The van der Waals surface area contributed by atoms with Gasteiger partial charge in [-0.3, -0.25) is 0 Å². The SMILES string of the molecule is C[N-]C1(C)CC[C@@H]2[C@H]([C@@H]3[C@H](C)CC[C@H]31)C2(C)C. The van der Waals surface area contributed by atoms with Crippen molar-refractivity contribution in [1.82, 2.24) is 0 Å². The molecule has 0 aromatic rings. The van der Waals surface area contributed by atoms with Crippen LogP contribution in [-0.2, 0) is 0 Å². The van der Waals surface area contributed by atoms with E-state index in [2.05, 4.69) is 34.7 Å². The largest absolute Gasteiger partial charge is 0.659 e. The molecule has 0 aromatic carbocycles. The smallest absolute Gasteiger partial charge is 0.0289 e. The van der Waals surface area contributed by atoms with E-state index in [1.807, 2.05) is 0 Å². The maximum Gasteiger partial charge on any atom is -0.0289 e. The zero-order valence-electron chi connectivity index (χ0n) is 12.2. The Bertz CT molecular complexity index is 321. The Morgan fingerprint density at radius 3 is 2.35 bits per heavy atom. The fourth-order valence-corrected chi connectivity index (χ4v) is 5.57. The summed E-state index contributed by atoms with van der Waals surface area (Å²) in [5.41, 5.74) is 0.926. The number of hydrogen-bond donors (Lipinski definition) is 0. The molecule has 17 heavy (non-hydrogen) atoms. The number of hydrogen-bond acceptors (Lipinski definition) is 0. The van der Waals surface area contributed by atoms with Crippen LogP contribution >= 0.6 is 0 Å². The molecule has 0 bridgehead atoms. The van der Waals surface area contributed by atoms with E-state index in [0.29, 0.717) is 11.0 Å². The lowest BCUT2D eigenvalue weighted by atomic mass is 9.72. The van der Waals surface area contributed by atoms with Crippen molar-refractivity contribution >= 4 is 0 Å². The molecule has 0 radical (unpaired) electrons. The van der Waals surface area contributed by atoms with Crippen LogP contribution in [0.5, 0.6) is 0 Å². The molecule has 3 fully saturated rings. The van der Waals surface area contributed by atoms with Crippen LogP contribution < -0.4 is 0 Å². The summed E-state index contributed by atoms with van der Waals surface area (Å²) in [5, 5.41) is 4.82. The van der Waals surface area contributed by atoms with Gasteiger partial charge in [0.1, 0.15) is 0 Å². The highest BCUT2D eigenvalue weighted by Gasteiger charge is 2.65. The topological polar surface area (TPSA) is 14.1 Å². The first kappa shape index (κ1) is 12.0. The summed E-state index contributed by atoms with van der Waals surface area (Å²) in [4.78, 5) is 0. The molecular weight excluding hydrogens is 206 g/mol. The molecule has 98 valence electrons. The third kappa shape index (κ3) is 1.47. The van der Waals surface area contributed by atoms with Gasteiger partial charge in [-0.25, -0.2) is 0 Å². The van der Waals surface area contributed by atoms with Crippen LogP contribution in [0.2, 0.25) is 0 Å². The van der Waals surface area contributed by atoms with E-state index < -0.39 is 0 Å². The predicted molar refractivity (Wildman–Crippen MR) is 73.1 cm³/mol. The van der Waals surface area contributed by atoms with Gasteiger partial charge in [-0.2, -0.15) is 7.05 Å². The summed E-state index contributed by atoms with van der Waals surface area (Å²) in [5.74, 6) is 4.78. The summed E-state index contributed by atoms with van der Waals surface area (Å²) in [6.45, 7) is 9.95. The third-order valence-corrected chi connectivity index (χ3v) is 6.88. The quantitative estimate of drug-likeness (QED) is 0.635. The fourth-order valence-electron chi connectivity index (χ4n) is 5.57. The minimum atomic E-state index is 0.291. The van der Waals surface area contributed by atoms with Crippen molar-refractivity contribution in [2.75, 3.05) is 7.05 Å². The zero-order chi connectivity index (χ0) is 12.4. The minimum Gasteiger partial charge on any atom is -0.659 e.